The van der Waals surface area contributed by atoms with Gasteiger partial charge in [0.05, 0.1) is 6.17 Å². The zero-order chi connectivity index (χ0) is 25.8. The summed E-state index contributed by atoms with van der Waals surface area (Å²) in [7, 11) is 4.35. The van der Waals surface area contributed by atoms with Crippen molar-refractivity contribution in [3.63, 3.8) is 0 Å². The highest BCUT2D eigenvalue weighted by atomic mass is 19.1. The molecule has 2 fully saturated rings. The molecule has 2 aliphatic heterocycles. The zero-order valence-electron chi connectivity index (χ0n) is 22.3. The second-order valence-electron chi connectivity index (χ2n) is 11.0. The van der Waals surface area contributed by atoms with Gasteiger partial charge < -0.3 is 10.0 Å². The van der Waals surface area contributed by atoms with Crippen LogP contribution in [0.25, 0.3) is 0 Å². The molecule has 2 aromatic rings. The van der Waals surface area contributed by atoms with Crippen molar-refractivity contribution in [3.8, 4) is 5.75 Å². The van der Waals surface area contributed by atoms with Crippen molar-refractivity contribution in [1.29, 1.82) is 0 Å². The van der Waals surface area contributed by atoms with Crippen LogP contribution in [0.2, 0.25) is 0 Å². The second-order valence-corrected chi connectivity index (χ2v) is 11.0. The van der Waals surface area contributed by atoms with Gasteiger partial charge in [-0.25, -0.2) is 4.39 Å². The van der Waals surface area contributed by atoms with Crippen LogP contribution in [0.15, 0.2) is 42.5 Å². The topological polar surface area (TPSA) is 47.0 Å². The first kappa shape index (κ1) is 26.8. The van der Waals surface area contributed by atoms with Crippen molar-refractivity contribution in [2.75, 3.05) is 40.3 Å². The number of likely N-dealkylation sites (tertiary alicyclic amines) is 2. The first-order chi connectivity index (χ1) is 17.3. The highest BCUT2D eigenvalue weighted by Gasteiger charge is 2.37. The van der Waals surface area contributed by atoms with E-state index in [1.165, 1.54) is 25.5 Å². The summed E-state index contributed by atoms with van der Waals surface area (Å²) in [5, 5.41) is 9.98. The molecule has 0 radical (unpaired) electrons. The summed E-state index contributed by atoms with van der Waals surface area (Å²) in [6.07, 6.45) is 5.99. The van der Waals surface area contributed by atoms with Gasteiger partial charge in [-0.05, 0) is 115 Å². The fourth-order valence-corrected chi connectivity index (χ4v) is 6.38. The molecule has 0 spiro atoms. The van der Waals surface area contributed by atoms with Gasteiger partial charge in [-0.1, -0.05) is 24.3 Å². The number of phenolic OH excluding ortho intramolecular Hbond substituents is 1. The fraction of sp³-hybridized carbons (Fsp3) is 0.567. The molecule has 36 heavy (non-hydrogen) atoms. The van der Waals surface area contributed by atoms with Crippen LogP contribution in [0.4, 0.5) is 4.39 Å². The number of nitrogens with zero attached hydrogens (tertiary/aromatic N) is 3. The van der Waals surface area contributed by atoms with Crippen molar-refractivity contribution >= 4 is 5.78 Å². The molecule has 5 nitrogen and oxygen atoms in total. The molecule has 4 rings (SSSR count). The molecule has 4 atom stereocenters. The number of rotatable bonds is 9. The van der Waals surface area contributed by atoms with E-state index < -0.39 is 0 Å². The summed E-state index contributed by atoms with van der Waals surface area (Å²) in [5.74, 6) is -0.403. The Bertz CT molecular complexity index is 1040. The summed E-state index contributed by atoms with van der Waals surface area (Å²) < 4.78 is 14.4. The van der Waals surface area contributed by atoms with Gasteiger partial charge in [0.25, 0.3) is 0 Å². The van der Waals surface area contributed by atoms with Gasteiger partial charge >= 0.3 is 0 Å². The molecule has 0 saturated carbocycles. The van der Waals surface area contributed by atoms with Crippen molar-refractivity contribution in [1.82, 2.24) is 14.7 Å². The average Bonchev–Trinajstić information content (AvgIpc) is 3.28. The van der Waals surface area contributed by atoms with Gasteiger partial charge in [0.15, 0.2) is 5.78 Å². The first-order valence-corrected chi connectivity index (χ1v) is 13.5. The predicted octanol–water partition coefficient (Wildman–Crippen LogP) is 5.28. The number of halogens is 1. The maximum absolute atomic E-state index is 14.4. The highest BCUT2D eigenvalue weighted by Crippen LogP contribution is 2.38. The number of phenols is 1. The molecule has 0 aliphatic carbocycles. The Balaban J connectivity index is 1.48. The number of carbonyl (C=O) groups excluding carboxylic acids is 1. The molecule has 3 unspecified atom stereocenters. The Morgan fingerprint density at radius 1 is 1.17 bits per heavy atom. The number of hydrogen-bond acceptors (Lipinski definition) is 5. The minimum Gasteiger partial charge on any atom is -0.508 e. The molecule has 2 saturated heterocycles. The van der Waals surface area contributed by atoms with Crippen LogP contribution in [0.5, 0.6) is 5.75 Å². The molecule has 2 heterocycles. The van der Waals surface area contributed by atoms with Crippen molar-refractivity contribution in [2.45, 2.75) is 64.1 Å². The van der Waals surface area contributed by atoms with Gasteiger partial charge in [0, 0.05) is 24.1 Å². The van der Waals surface area contributed by atoms with E-state index in [0.717, 1.165) is 37.9 Å². The van der Waals surface area contributed by atoms with E-state index in [9.17, 15) is 14.3 Å². The number of benzene rings is 2. The lowest BCUT2D eigenvalue weighted by molar-refractivity contribution is 0.0580. The zero-order valence-corrected chi connectivity index (χ0v) is 22.3. The Kier molecular flexibility index (Phi) is 8.81. The maximum Gasteiger partial charge on any atom is 0.167 e. The third kappa shape index (κ3) is 5.99. The van der Waals surface area contributed by atoms with E-state index in [0.29, 0.717) is 29.9 Å². The third-order valence-corrected chi connectivity index (χ3v) is 8.39. The summed E-state index contributed by atoms with van der Waals surface area (Å²) >= 11 is 0. The van der Waals surface area contributed by atoms with Gasteiger partial charge in [-0.2, -0.15) is 0 Å². The van der Waals surface area contributed by atoms with Crippen LogP contribution in [0.1, 0.15) is 66.4 Å². The third-order valence-electron chi connectivity index (χ3n) is 8.39. The fourth-order valence-electron chi connectivity index (χ4n) is 6.38. The van der Waals surface area contributed by atoms with Crippen molar-refractivity contribution in [2.24, 2.45) is 5.92 Å². The van der Waals surface area contributed by atoms with Crippen LogP contribution in [-0.4, -0.2) is 78.1 Å². The van der Waals surface area contributed by atoms with E-state index in [-0.39, 0.29) is 29.2 Å². The smallest absolute Gasteiger partial charge is 0.167 e. The number of piperidine rings is 1. The lowest BCUT2D eigenvalue weighted by Gasteiger charge is -2.40. The molecule has 2 aliphatic rings. The van der Waals surface area contributed by atoms with Gasteiger partial charge in [-0.3, -0.25) is 14.6 Å². The SMILES string of the molecule is Cc1c(F)cccc1C1CCN(CCCC(N(C)C)N2CCC[C@H]2C)CC1C(=O)c1cccc(O)c1. The molecule has 0 bridgehead atoms. The summed E-state index contributed by atoms with van der Waals surface area (Å²) in [6.45, 7) is 7.82. The van der Waals surface area contributed by atoms with Gasteiger partial charge in [0.2, 0.25) is 0 Å². The van der Waals surface area contributed by atoms with Crippen LogP contribution in [0.3, 0.4) is 0 Å². The quantitative estimate of drug-likeness (QED) is 0.480. The van der Waals surface area contributed by atoms with E-state index >= 15 is 0 Å². The van der Waals surface area contributed by atoms with E-state index in [1.54, 1.807) is 30.3 Å². The summed E-state index contributed by atoms with van der Waals surface area (Å²) in [4.78, 5) is 21.1. The first-order valence-electron chi connectivity index (χ1n) is 13.5. The highest BCUT2D eigenvalue weighted by molar-refractivity contribution is 5.99. The minimum atomic E-state index is -0.274. The molecule has 0 amide bonds. The number of hydrogen-bond donors (Lipinski definition) is 1. The van der Waals surface area contributed by atoms with E-state index in [2.05, 4.69) is 35.7 Å². The molecule has 196 valence electrons. The Labute approximate surface area is 215 Å². The number of aromatic hydroxyl groups is 1. The van der Waals surface area contributed by atoms with Gasteiger partial charge in [0.1, 0.15) is 11.6 Å². The Morgan fingerprint density at radius 3 is 2.64 bits per heavy atom. The number of ketones is 1. The van der Waals surface area contributed by atoms with Gasteiger partial charge in [-0.15, -0.1) is 0 Å². The van der Waals surface area contributed by atoms with E-state index in [1.807, 2.05) is 13.0 Å². The largest absolute Gasteiger partial charge is 0.508 e. The minimum absolute atomic E-state index is 0.0290. The number of Topliss-reactive ketones (excluding diaryl/α,β-unsaturated/α-hetero) is 1. The standard InChI is InChI=1S/C30H42FN3O2/c1-21-9-7-17-34(21)29(32(3)4)14-8-16-33-18-15-26(25-12-6-13-28(31)22(25)2)27(20-33)30(36)23-10-5-11-24(35)19-23/h5-6,10-13,19,21,26-27,29,35H,7-9,14-18,20H2,1-4H3/t21-,26?,27?,29?/m1/s1. The van der Waals surface area contributed by atoms with Crippen molar-refractivity contribution in [3.05, 3.63) is 65.0 Å². The molecule has 1 N–H and O–H groups in total. The van der Waals surface area contributed by atoms with Crippen molar-refractivity contribution < 1.29 is 14.3 Å². The lowest BCUT2D eigenvalue weighted by atomic mass is 9.75. The lowest BCUT2D eigenvalue weighted by Crippen LogP contribution is -2.47. The molecule has 0 aromatic heterocycles. The predicted molar refractivity (Wildman–Crippen MR) is 143 cm³/mol. The molecule has 2 aromatic carbocycles. The molecule has 6 heteroatoms. The van der Waals surface area contributed by atoms with Crippen LogP contribution in [0, 0.1) is 18.7 Å². The van der Waals surface area contributed by atoms with Crippen LogP contribution < -0.4 is 0 Å². The van der Waals surface area contributed by atoms with Crippen LogP contribution >= 0.6 is 0 Å². The summed E-state index contributed by atoms with van der Waals surface area (Å²) in [6, 6.07) is 12.5. The second kappa shape index (κ2) is 11.8. The average molecular weight is 496 g/mol. The monoisotopic (exact) mass is 495 g/mol. The maximum atomic E-state index is 14.4. The molecular weight excluding hydrogens is 453 g/mol. The van der Waals surface area contributed by atoms with E-state index in [4.69, 9.17) is 0 Å². The Morgan fingerprint density at radius 2 is 1.94 bits per heavy atom. The summed E-state index contributed by atoms with van der Waals surface area (Å²) in [5.41, 5.74) is 2.10. The number of carbonyl (C=O) groups is 1. The normalized spacial score (nSPS) is 24.3. The Hall–Kier alpha value is -2.28. The van der Waals surface area contributed by atoms with Crippen LogP contribution in [-0.2, 0) is 0 Å². The molecular formula is C30H42FN3O2.